The van der Waals surface area contributed by atoms with E-state index in [-0.39, 0.29) is 23.6 Å². The smallest absolute Gasteiger partial charge is 0.279 e. The fourth-order valence-corrected chi connectivity index (χ4v) is 16.4. The number of amides is 4. The highest BCUT2D eigenvalue weighted by molar-refractivity contribution is 7.88. The van der Waals surface area contributed by atoms with E-state index in [9.17, 15) is 27.6 Å². The van der Waals surface area contributed by atoms with Crippen LogP contribution in [-0.2, 0) is 14.8 Å². The van der Waals surface area contributed by atoms with E-state index in [2.05, 4.69) is 116 Å². The number of nitrogens with one attached hydrogen (secondary N) is 4. The summed E-state index contributed by atoms with van der Waals surface area (Å²) >= 11 is 4.41. The van der Waals surface area contributed by atoms with Crippen molar-refractivity contribution in [3.8, 4) is 0 Å². The molecule has 0 spiro atoms. The second-order valence-corrected chi connectivity index (χ2v) is 31.4. The van der Waals surface area contributed by atoms with E-state index >= 15 is 0 Å². The number of carbonyl (C=O) groups is 4. The lowest BCUT2D eigenvalue weighted by Crippen LogP contribution is -2.48. The zero-order valence-corrected chi connectivity index (χ0v) is 63.5. The Morgan fingerprint density at radius 2 is 0.779 bits per heavy atom. The molecule has 4 N–H and O–H groups in total. The molecule has 15 rings (SSSR count). The molecule has 30 nitrogen and oxygen atoms in total. The van der Waals surface area contributed by atoms with Gasteiger partial charge in [-0.25, -0.2) is 38.3 Å². The molecule has 0 radical (unpaired) electrons. The van der Waals surface area contributed by atoms with Crippen molar-refractivity contribution in [1.29, 1.82) is 0 Å². The third kappa shape index (κ3) is 14.5. The molecule has 6 aliphatic rings. The molecule has 3 aromatic carbocycles. The molecule has 0 unspecified atom stereocenters. The van der Waals surface area contributed by atoms with Crippen LogP contribution in [0.1, 0.15) is 63.2 Å². The maximum atomic E-state index is 13.0. The van der Waals surface area contributed by atoms with Crippen molar-refractivity contribution in [2.45, 2.75) is 41.5 Å². The van der Waals surface area contributed by atoms with Crippen LogP contribution in [0.3, 0.4) is 0 Å². The summed E-state index contributed by atoms with van der Waals surface area (Å²) in [6, 6.07) is 18.7. The van der Waals surface area contributed by atoms with Crippen LogP contribution >= 0.6 is 34.0 Å². The molecule has 104 heavy (non-hydrogen) atoms. The Morgan fingerprint density at radius 1 is 0.462 bits per heavy atom. The Morgan fingerprint density at radius 3 is 1.09 bits per heavy atom. The van der Waals surface area contributed by atoms with Crippen LogP contribution in [0, 0.1) is 41.5 Å². The maximum Gasteiger partial charge on any atom is 0.279 e. The highest BCUT2D eigenvalue weighted by atomic mass is 32.2. The van der Waals surface area contributed by atoms with Gasteiger partial charge in [-0.3, -0.25) is 19.2 Å². The predicted molar refractivity (Wildman–Crippen MR) is 415 cm³/mol. The molecule has 542 valence electrons. The molecule has 9 aromatic rings. The number of hydrogen-bond acceptors (Lipinski definition) is 28. The topological polar surface area (TPSA) is 302 Å². The lowest BCUT2D eigenvalue weighted by molar-refractivity contribution is -0.126. The van der Waals surface area contributed by atoms with Crippen molar-refractivity contribution in [2.75, 3.05) is 187 Å². The highest BCUT2D eigenvalue weighted by Crippen LogP contribution is 2.45. The first kappa shape index (κ1) is 71.9. The zero-order valence-electron chi connectivity index (χ0n) is 60.2. The molecule has 6 aromatic heterocycles. The van der Waals surface area contributed by atoms with Crippen LogP contribution in [-0.4, -0.2) is 213 Å². The van der Waals surface area contributed by atoms with E-state index in [1.807, 2.05) is 93.6 Å². The van der Waals surface area contributed by atoms with Gasteiger partial charge in [-0.1, -0.05) is 6.58 Å². The summed E-state index contributed by atoms with van der Waals surface area (Å²) in [5.74, 6) is 2.72. The summed E-state index contributed by atoms with van der Waals surface area (Å²) in [4.78, 5) is 111. The Balaban J connectivity index is 0.000000139. The first-order valence-electron chi connectivity index (χ1n) is 33.8. The van der Waals surface area contributed by atoms with Gasteiger partial charge in [0.15, 0.2) is 34.5 Å². The molecule has 3 fully saturated rings. The Hall–Kier alpha value is -10.5. The first-order chi connectivity index (χ1) is 49.7. The minimum atomic E-state index is -3.16. The van der Waals surface area contributed by atoms with Crippen LogP contribution in [0.4, 0.5) is 101 Å². The summed E-state index contributed by atoms with van der Waals surface area (Å²) < 4.78 is 25.1. The summed E-state index contributed by atoms with van der Waals surface area (Å²) in [5, 5.41) is 18.2. The monoisotopic (exact) mass is 1480 g/mol. The van der Waals surface area contributed by atoms with Gasteiger partial charge in [-0.2, -0.15) is 19.3 Å². The molecular weight excluding hydrogens is 1400 g/mol. The molecular formula is C70H82N24O6S4. The molecule has 0 bridgehead atoms. The molecule has 12 heterocycles. The summed E-state index contributed by atoms with van der Waals surface area (Å²) in [5.41, 5.74) is 12.5. The van der Waals surface area contributed by atoms with Gasteiger partial charge in [-0.15, -0.1) is 34.0 Å². The Bertz CT molecular complexity index is 4960. The molecule has 6 aliphatic heterocycles. The van der Waals surface area contributed by atoms with Crippen LogP contribution in [0.2, 0.25) is 0 Å². The lowest BCUT2D eigenvalue weighted by Gasteiger charge is -2.36. The minimum Gasteiger partial charge on any atom is -0.369 e. The van der Waals surface area contributed by atoms with Gasteiger partial charge in [-0.05, 0) is 119 Å². The van der Waals surface area contributed by atoms with Gasteiger partial charge in [0.2, 0.25) is 33.8 Å². The fourth-order valence-electron chi connectivity index (χ4n) is 13.0. The van der Waals surface area contributed by atoms with E-state index in [4.69, 9.17) is 15.0 Å². The molecule has 3 saturated heterocycles. The van der Waals surface area contributed by atoms with Crippen molar-refractivity contribution in [3.63, 3.8) is 0 Å². The Kier molecular flexibility index (Phi) is 20.3. The predicted octanol–water partition coefficient (Wildman–Crippen LogP) is 9.28. The number of carbonyl (C=O) groups excluding carboxylic acids is 4. The zero-order chi connectivity index (χ0) is 73.7. The van der Waals surface area contributed by atoms with Crippen molar-refractivity contribution in [3.05, 3.63) is 135 Å². The van der Waals surface area contributed by atoms with E-state index in [1.165, 1.54) is 61.2 Å². The van der Waals surface area contributed by atoms with Crippen LogP contribution in [0.25, 0.3) is 0 Å². The van der Waals surface area contributed by atoms with Gasteiger partial charge >= 0.3 is 0 Å². The highest BCUT2D eigenvalue weighted by Gasteiger charge is 2.36. The average molecular weight is 1480 g/mol. The lowest BCUT2D eigenvalue weighted by atomic mass is 10.1. The number of thiazole rings is 3. The standard InChI is InChI=1S/C25H28N8O2S.C23H28N8O3S2.C22H26N8OS/c1-6-20(34)33-11-9-32(10-12-33)17-7-8-18(15(2)13-17)28-25-26-14-19-22(29-25)31(5)24-21(23(35)30(19)4)27-16(3)36-24;1-14-12-16(30-8-10-31(11-9-30)36(5,33)34)6-7-17(14)26-23-24-13-18-20(27-23)29(4)22-19(21(32)28(18)3)25-15(2)35-22;1-13-11-15(30-9-7-23-8-10-30)5-6-16(13)26-22-24-12-17-19(27-22)29(4)21-18(20(31)28(17)3)25-14(2)32-21/h6-8,13-14H,1,9-12H2,2-5H3,(H,26,28,29);6-7,12-13H,8-11H2,1-5H3,(H,24,26,27);5-6,11-12,23H,7-10H2,1-4H3,(H,24,26,27). The normalized spacial score (nSPS) is 16.0. The van der Waals surface area contributed by atoms with E-state index in [0.717, 1.165) is 114 Å². The molecule has 34 heteroatoms. The van der Waals surface area contributed by atoms with Crippen LogP contribution in [0.5, 0.6) is 0 Å². The largest absolute Gasteiger partial charge is 0.369 e. The third-order valence-electron chi connectivity index (χ3n) is 18.9. The minimum absolute atomic E-state index is 0.0194. The SMILES string of the molecule is C=CC(=O)N1CCN(c2ccc(Nc3ncc4c(n3)N(C)c3sc(C)nc3C(=O)N4C)c(C)c2)CC1.Cc1nc2c(s1)N(C)c1nc(Nc3ccc(N4CCN(S(C)(=O)=O)CC4)cc3C)ncc1N(C)C2=O.Cc1nc2c(s1)N(C)c1nc(Nc3ccc(N4CCNCC4)cc3C)ncc1N(C)C2=O. The maximum absolute atomic E-state index is 13.0. The van der Waals surface area contributed by atoms with Crippen molar-refractivity contribution in [1.82, 2.24) is 59.4 Å². The summed E-state index contributed by atoms with van der Waals surface area (Å²) in [6.07, 6.45) is 7.62. The first-order valence-corrected chi connectivity index (χ1v) is 38.0. The quantitative estimate of drug-likeness (QED) is 0.0877. The van der Waals surface area contributed by atoms with Gasteiger partial charge in [0.25, 0.3) is 17.7 Å². The summed E-state index contributed by atoms with van der Waals surface area (Å²) in [7, 11) is 7.66. The van der Waals surface area contributed by atoms with Crippen LogP contribution in [0.15, 0.2) is 85.8 Å². The molecule has 0 atom stereocenters. The van der Waals surface area contributed by atoms with E-state index in [1.54, 1.807) is 49.5 Å². The number of aromatic nitrogens is 9. The van der Waals surface area contributed by atoms with E-state index < -0.39 is 10.0 Å². The number of fused-ring (bicyclic) bond motifs is 6. The number of piperazine rings is 3. The average Bonchev–Trinajstić information content (AvgIpc) is 1.63. The van der Waals surface area contributed by atoms with Gasteiger partial charge in [0.1, 0.15) is 32.1 Å². The summed E-state index contributed by atoms with van der Waals surface area (Å²) in [6.45, 7) is 24.6. The number of nitrogens with zero attached hydrogens (tertiary/aromatic N) is 20. The second-order valence-electron chi connectivity index (χ2n) is 25.9. The van der Waals surface area contributed by atoms with Crippen molar-refractivity contribution >= 4 is 169 Å². The number of anilines is 18. The van der Waals surface area contributed by atoms with Crippen molar-refractivity contribution in [2.24, 2.45) is 0 Å². The number of sulfonamides is 1. The number of hydrogen-bond donors (Lipinski definition) is 4. The number of aryl methyl sites for hydroxylation is 6. The van der Waals surface area contributed by atoms with E-state index in [0.29, 0.717) is 109 Å². The Labute approximate surface area is 615 Å². The molecule has 0 aliphatic carbocycles. The van der Waals surface area contributed by atoms with Crippen LogP contribution < -0.4 is 65.4 Å². The second kappa shape index (κ2) is 29.3. The number of rotatable bonds is 11. The third-order valence-corrected chi connectivity index (χ3v) is 23.4. The molecule has 0 saturated carbocycles. The van der Waals surface area contributed by atoms with Gasteiger partial charge in [0, 0.05) is 155 Å². The fraction of sp³-hybridized carbons (Fsp3) is 0.357. The van der Waals surface area contributed by atoms with Gasteiger partial charge < -0.3 is 70.3 Å². The van der Waals surface area contributed by atoms with Crippen molar-refractivity contribution < 1.29 is 27.6 Å². The van der Waals surface area contributed by atoms with Gasteiger partial charge in [0.05, 0.1) is 39.9 Å². The number of benzene rings is 3. The molecule has 4 amide bonds.